The lowest BCUT2D eigenvalue weighted by Crippen LogP contribution is -2.01. The van der Waals surface area contributed by atoms with E-state index in [1.807, 2.05) is 43.3 Å². The average Bonchev–Trinajstić information content (AvgIpc) is 2.87. The molecule has 3 rings (SSSR count). The first kappa shape index (κ1) is 15.1. The minimum atomic E-state index is -0.404. The van der Waals surface area contributed by atoms with Crippen molar-refractivity contribution in [1.82, 2.24) is 9.78 Å². The lowest BCUT2D eigenvalue weighted by atomic mass is 10.0. The van der Waals surface area contributed by atoms with Gasteiger partial charge in [0.25, 0.3) is 0 Å². The Balaban J connectivity index is 1.87. The van der Waals surface area contributed by atoms with E-state index >= 15 is 0 Å². The smallest absolute Gasteiger partial charge is 0.165 e. The third-order valence-electron chi connectivity index (χ3n) is 3.75. The number of rotatable bonds is 4. The van der Waals surface area contributed by atoms with Crippen LogP contribution in [0, 0.1) is 12.7 Å². The topological polar surface area (TPSA) is 53.1 Å². The molecule has 0 aliphatic rings. The van der Waals surface area contributed by atoms with Gasteiger partial charge < -0.3 is 10.5 Å². The lowest BCUT2D eigenvalue weighted by Gasteiger charge is -2.12. The summed E-state index contributed by atoms with van der Waals surface area (Å²) in [6, 6.07) is 13.0. The number of nitrogen functional groups attached to an aromatic ring is 1. The van der Waals surface area contributed by atoms with E-state index in [9.17, 15) is 4.39 Å². The second-order valence-electron chi connectivity index (χ2n) is 5.45. The van der Waals surface area contributed by atoms with E-state index in [4.69, 9.17) is 10.5 Å². The van der Waals surface area contributed by atoms with Crippen LogP contribution in [0.1, 0.15) is 11.1 Å². The number of nitrogens with two attached hydrogens (primary N) is 1. The fourth-order valence-corrected chi connectivity index (χ4v) is 2.47. The third-order valence-corrected chi connectivity index (χ3v) is 3.75. The molecule has 5 heteroatoms. The molecule has 0 aliphatic heterocycles. The predicted octanol–water partition coefficient (Wildman–Crippen LogP) is 3.70. The number of aryl methyl sites for hydroxylation is 2. The van der Waals surface area contributed by atoms with Gasteiger partial charge in [-0.15, -0.1) is 0 Å². The number of halogens is 1. The molecule has 0 bridgehead atoms. The van der Waals surface area contributed by atoms with Gasteiger partial charge in [0.05, 0.1) is 6.20 Å². The number of hydrogen-bond acceptors (Lipinski definition) is 3. The van der Waals surface area contributed by atoms with Crippen molar-refractivity contribution in [1.29, 1.82) is 0 Å². The van der Waals surface area contributed by atoms with Gasteiger partial charge in [-0.25, -0.2) is 4.39 Å². The van der Waals surface area contributed by atoms with Gasteiger partial charge in [0.15, 0.2) is 11.6 Å². The summed E-state index contributed by atoms with van der Waals surface area (Å²) in [4.78, 5) is 0. The normalized spacial score (nSPS) is 10.7. The van der Waals surface area contributed by atoms with Crippen LogP contribution in [0.2, 0.25) is 0 Å². The maximum atomic E-state index is 14.4. The summed E-state index contributed by atoms with van der Waals surface area (Å²) >= 11 is 0. The van der Waals surface area contributed by atoms with Crippen molar-refractivity contribution in [2.24, 2.45) is 7.05 Å². The van der Waals surface area contributed by atoms with Crippen molar-refractivity contribution in [2.45, 2.75) is 13.5 Å². The van der Waals surface area contributed by atoms with E-state index < -0.39 is 5.82 Å². The predicted molar refractivity (Wildman–Crippen MR) is 88.5 cm³/mol. The number of ether oxygens (including phenoxy) is 1. The van der Waals surface area contributed by atoms with Crippen LogP contribution in [0.3, 0.4) is 0 Å². The van der Waals surface area contributed by atoms with Crippen LogP contribution >= 0.6 is 0 Å². The SMILES string of the molecule is Cc1cc(-c2cnn(C)c2N)cc(F)c1OCc1ccccc1. The lowest BCUT2D eigenvalue weighted by molar-refractivity contribution is 0.288. The van der Waals surface area contributed by atoms with E-state index in [-0.39, 0.29) is 5.75 Å². The fourth-order valence-electron chi connectivity index (χ4n) is 2.47. The van der Waals surface area contributed by atoms with Gasteiger partial charge in [-0.2, -0.15) is 5.10 Å². The molecule has 4 nitrogen and oxygen atoms in total. The number of aromatic nitrogens is 2. The van der Waals surface area contributed by atoms with E-state index in [2.05, 4.69) is 5.10 Å². The van der Waals surface area contributed by atoms with Crippen molar-refractivity contribution < 1.29 is 9.13 Å². The van der Waals surface area contributed by atoms with Crippen molar-refractivity contribution in [2.75, 3.05) is 5.73 Å². The summed E-state index contributed by atoms with van der Waals surface area (Å²) < 4.78 is 21.7. The molecular weight excluding hydrogens is 293 g/mol. The Kier molecular flexibility index (Phi) is 4.02. The molecule has 2 aromatic carbocycles. The third kappa shape index (κ3) is 3.04. The quantitative estimate of drug-likeness (QED) is 0.799. The highest BCUT2D eigenvalue weighted by Crippen LogP contribution is 2.32. The van der Waals surface area contributed by atoms with Gasteiger partial charge in [-0.3, -0.25) is 4.68 Å². The summed E-state index contributed by atoms with van der Waals surface area (Å²) in [5.41, 5.74) is 9.07. The summed E-state index contributed by atoms with van der Waals surface area (Å²) in [5.74, 6) is 0.362. The molecule has 1 heterocycles. The maximum Gasteiger partial charge on any atom is 0.165 e. The highest BCUT2D eigenvalue weighted by atomic mass is 19.1. The molecule has 0 amide bonds. The van der Waals surface area contributed by atoms with Crippen LogP contribution in [0.4, 0.5) is 10.2 Å². The second-order valence-corrected chi connectivity index (χ2v) is 5.45. The largest absolute Gasteiger partial charge is 0.486 e. The molecule has 118 valence electrons. The molecular formula is C18H18FN3O. The minimum Gasteiger partial charge on any atom is -0.486 e. The molecule has 3 aromatic rings. The molecule has 0 spiro atoms. The van der Waals surface area contributed by atoms with E-state index in [0.29, 0.717) is 23.6 Å². The minimum absolute atomic E-state index is 0.264. The summed E-state index contributed by atoms with van der Waals surface area (Å²) in [5, 5.41) is 4.09. The van der Waals surface area contributed by atoms with Crippen LogP contribution in [0.25, 0.3) is 11.1 Å². The van der Waals surface area contributed by atoms with Gasteiger partial charge in [-0.1, -0.05) is 30.3 Å². The summed E-state index contributed by atoms with van der Waals surface area (Å²) in [7, 11) is 1.75. The van der Waals surface area contributed by atoms with E-state index in [1.54, 1.807) is 17.9 Å². The van der Waals surface area contributed by atoms with E-state index in [0.717, 1.165) is 11.1 Å². The van der Waals surface area contributed by atoms with Gasteiger partial charge in [0.2, 0.25) is 0 Å². The van der Waals surface area contributed by atoms with Crippen molar-refractivity contribution >= 4 is 5.82 Å². The molecule has 0 unspecified atom stereocenters. The molecule has 0 saturated carbocycles. The molecule has 0 saturated heterocycles. The van der Waals surface area contributed by atoms with Gasteiger partial charge >= 0.3 is 0 Å². The van der Waals surface area contributed by atoms with Crippen LogP contribution in [-0.4, -0.2) is 9.78 Å². The molecule has 23 heavy (non-hydrogen) atoms. The van der Waals surface area contributed by atoms with Gasteiger partial charge in [0, 0.05) is 12.6 Å². The zero-order valence-corrected chi connectivity index (χ0v) is 13.1. The number of anilines is 1. The Hall–Kier alpha value is -2.82. The number of hydrogen-bond donors (Lipinski definition) is 1. The summed E-state index contributed by atoms with van der Waals surface area (Å²) in [6.45, 7) is 2.15. The zero-order chi connectivity index (χ0) is 16.4. The Labute approximate surface area is 134 Å². The van der Waals surface area contributed by atoms with Crippen LogP contribution in [-0.2, 0) is 13.7 Å². The Bertz CT molecular complexity index is 805. The van der Waals surface area contributed by atoms with Gasteiger partial charge in [0.1, 0.15) is 12.4 Å². The Morgan fingerprint density at radius 3 is 2.57 bits per heavy atom. The fraction of sp³-hybridized carbons (Fsp3) is 0.167. The average molecular weight is 311 g/mol. The molecule has 0 radical (unpaired) electrons. The van der Waals surface area contributed by atoms with Crippen LogP contribution in [0.15, 0.2) is 48.7 Å². The monoisotopic (exact) mass is 311 g/mol. The molecule has 2 N–H and O–H groups in total. The van der Waals surface area contributed by atoms with Crippen molar-refractivity contribution in [3.05, 3.63) is 65.6 Å². The Morgan fingerprint density at radius 2 is 1.96 bits per heavy atom. The first-order valence-electron chi connectivity index (χ1n) is 7.31. The first-order valence-corrected chi connectivity index (χ1v) is 7.31. The van der Waals surface area contributed by atoms with Crippen molar-refractivity contribution in [3.63, 3.8) is 0 Å². The van der Waals surface area contributed by atoms with E-state index in [1.165, 1.54) is 6.07 Å². The number of benzene rings is 2. The summed E-state index contributed by atoms with van der Waals surface area (Å²) in [6.07, 6.45) is 1.63. The Morgan fingerprint density at radius 1 is 1.22 bits per heavy atom. The molecule has 0 aliphatic carbocycles. The molecule has 0 fully saturated rings. The first-order chi connectivity index (χ1) is 11.1. The molecule has 1 aromatic heterocycles. The second kappa shape index (κ2) is 6.12. The maximum absolute atomic E-state index is 14.4. The van der Waals surface area contributed by atoms with Crippen LogP contribution < -0.4 is 10.5 Å². The van der Waals surface area contributed by atoms with Crippen molar-refractivity contribution in [3.8, 4) is 16.9 Å². The highest BCUT2D eigenvalue weighted by Gasteiger charge is 2.14. The van der Waals surface area contributed by atoms with Gasteiger partial charge in [-0.05, 0) is 35.7 Å². The number of nitrogens with zero attached hydrogens (tertiary/aromatic N) is 2. The zero-order valence-electron chi connectivity index (χ0n) is 13.1. The molecule has 0 atom stereocenters. The van der Waals surface area contributed by atoms with Crippen LogP contribution in [0.5, 0.6) is 5.75 Å². The standard InChI is InChI=1S/C18H18FN3O/c1-12-8-14(15-10-21-22(2)18(15)20)9-16(19)17(12)23-11-13-6-4-3-5-7-13/h3-10H,11,20H2,1-2H3. The highest BCUT2D eigenvalue weighted by molar-refractivity contribution is 5.74.